The molecule has 0 radical (unpaired) electrons. The monoisotopic (exact) mass is 246 g/mol. The molecule has 8 heteroatoms. The smallest absolute Gasteiger partial charge is 0.323 e. The van der Waals surface area contributed by atoms with Gasteiger partial charge in [0.15, 0.2) is 10.8 Å². The molecule has 0 aliphatic carbocycles. The SMILES string of the molecule is O=C(O)Cn1cnc2c(Cl)nc(Cl)nc21. The molecule has 2 aromatic heterocycles. The molecule has 0 saturated carbocycles. The van der Waals surface area contributed by atoms with E-state index in [0.29, 0.717) is 11.2 Å². The largest absolute Gasteiger partial charge is 0.480 e. The number of carboxylic acid groups (broad SMARTS) is 1. The van der Waals surface area contributed by atoms with E-state index in [-0.39, 0.29) is 17.0 Å². The second kappa shape index (κ2) is 3.63. The summed E-state index contributed by atoms with van der Waals surface area (Å²) in [6, 6.07) is 0. The fraction of sp³-hybridized carbons (Fsp3) is 0.143. The highest BCUT2D eigenvalue weighted by molar-refractivity contribution is 6.35. The zero-order chi connectivity index (χ0) is 11.0. The van der Waals surface area contributed by atoms with Crippen LogP contribution in [0.1, 0.15) is 0 Å². The zero-order valence-electron chi connectivity index (χ0n) is 7.18. The summed E-state index contributed by atoms with van der Waals surface area (Å²) in [5.41, 5.74) is 0.643. The predicted octanol–water partition coefficient (Wildman–Crippen LogP) is 1.22. The van der Waals surface area contributed by atoms with Crippen molar-refractivity contribution in [2.75, 3.05) is 0 Å². The number of aliphatic carboxylic acids is 1. The maximum Gasteiger partial charge on any atom is 0.323 e. The molecular formula is C7H4Cl2N4O2. The van der Waals surface area contributed by atoms with Crippen molar-refractivity contribution in [1.82, 2.24) is 19.5 Å². The van der Waals surface area contributed by atoms with E-state index in [9.17, 15) is 4.79 Å². The van der Waals surface area contributed by atoms with E-state index < -0.39 is 5.97 Å². The average Bonchev–Trinajstić information content (AvgIpc) is 2.48. The van der Waals surface area contributed by atoms with Gasteiger partial charge in [-0.25, -0.2) is 9.97 Å². The molecular weight excluding hydrogens is 243 g/mol. The van der Waals surface area contributed by atoms with Crippen molar-refractivity contribution in [3.63, 3.8) is 0 Å². The van der Waals surface area contributed by atoms with Crippen molar-refractivity contribution in [1.29, 1.82) is 0 Å². The van der Waals surface area contributed by atoms with E-state index in [4.69, 9.17) is 28.3 Å². The highest BCUT2D eigenvalue weighted by Gasteiger charge is 2.12. The van der Waals surface area contributed by atoms with Gasteiger partial charge in [-0.15, -0.1) is 0 Å². The van der Waals surface area contributed by atoms with Crippen molar-refractivity contribution in [2.45, 2.75) is 6.54 Å². The fourth-order valence-electron chi connectivity index (χ4n) is 1.15. The molecule has 0 aromatic carbocycles. The molecule has 6 nitrogen and oxygen atoms in total. The number of fused-ring (bicyclic) bond motifs is 1. The first-order valence-electron chi connectivity index (χ1n) is 3.83. The van der Waals surface area contributed by atoms with Crippen LogP contribution in [0.4, 0.5) is 0 Å². The van der Waals surface area contributed by atoms with Gasteiger partial charge in [-0.05, 0) is 11.6 Å². The maximum absolute atomic E-state index is 10.5. The van der Waals surface area contributed by atoms with Crippen molar-refractivity contribution in [3.8, 4) is 0 Å². The van der Waals surface area contributed by atoms with Gasteiger partial charge < -0.3 is 9.67 Å². The molecule has 0 aliphatic heterocycles. The number of aromatic nitrogens is 4. The first kappa shape index (κ1) is 10.1. The van der Waals surface area contributed by atoms with Crippen molar-refractivity contribution < 1.29 is 9.90 Å². The highest BCUT2D eigenvalue weighted by Crippen LogP contribution is 2.20. The Morgan fingerprint density at radius 1 is 1.47 bits per heavy atom. The second-order valence-corrected chi connectivity index (χ2v) is 3.42. The van der Waals surface area contributed by atoms with E-state index in [1.165, 1.54) is 10.9 Å². The molecule has 0 spiro atoms. The Morgan fingerprint density at radius 3 is 2.87 bits per heavy atom. The van der Waals surface area contributed by atoms with Crippen molar-refractivity contribution in [2.24, 2.45) is 0 Å². The number of nitrogens with zero attached hydrogens (tertiary/aromatic N) is 4. The quantitative estimate of drug-likeness (QED) is 0.637. The minimum Gasteiger partial charge on any atom is -0.480 e. The standard InChI is InChI=1S/C7H4Cl2N4O2/c8-5-4-6(12-7(9)11-5)13(2-10-4)1-3(14)15/h2H,1H2,(H,14,15). The average molecular weight is 247 g/mol. The highest BCUT2D eigenvalue weighted by atomic mass is 35.5. The molecule has 1 N–H and O–H groups in total. The number of hydrogen-bond donors (Lipinski definition) is 1. The first-order valence-corrected chi connectivity index (χ1v) is 4.59. The van der Waals surface area contributed by atoms with E-state index in [0.717, 1.165) is 0 Å². The van der Waals surface area contributed by atoms with Crippen LogP contribution in [0.2, 0.25) is 10.4 Å². The third-order valence-corrected chi connectivity index (χ3v) is 2.13. The van der Waals surface area contributed by atoms with Gasteiger partial charge in [-0.2, -0.15) is 4.98 Å². The minimum atomic E-state index is -1.000. The second-order valence-electron chi connectivity index (χ2n) is 2.72. The lowest BCUT2D eigenvalue weighted by atomic mass is 10.5. The van der Waals surface area contributed by atoms with Crippen LogP contribution >= 0.6 is 23.2 Å². The van der Waals surface area contributed by atoms with Gasteiger partial charge in [-0.3, -0.25) is 4.79 Å². The summed E-state index contributed by atoms with van der Waals surface area (Å²) >= 11 is 11.3. The molecule has 2 rings (SSSR count). The van der Waals surface area contributed by atoms with Crippen LogP contribution in [0.15, 0.2) is 6.33 Å². The molecule has 0 atom stereocenters. The first-order chi connectivity index (χ1) is 7.08. The van der Waals surface area contributed by atoms with Crippen LogP contribution in [0.25, 0.3) is 11.2 Å². The summed E-state index contributed by atoms with van der Waals surface area (Å²) in [6.07, 6.45) is 1.33. The molecule has 0 amide bonds. The van der Waals surface area contributed by atoms with Gasteiger partial charge in [0, 0.05) is 0 Å². The summed E-state index contributed by atoms with van der Waals surface area (Å²) < 4.78 is 1.33. The van der Waals surface area contributed by atoms with Crippen LogP contribution in [-0.2, 0) is 11.3 Å². The lowest BCUT2D eigenvalue weighted by Gasteiger charge is -1.99. The molecule has 2 aromatic rings. The molecule has 0 bridgehead atoms. The van der Waals surface area contributed by atoms with E-state index >= 15 is 0 Å². The van der Waals surface area contributed by atoms with Crippen LogP contribution in [0.5, 0.6) is 0 Å². The van der Waals surface area contributed by atoms with Gasteiger partial charge >= 0.3 is 5.97 Å². The van der Waals surface area contributed by atoms with Crippen LogP contribution in [-0.4, -0.2) is 30.6 Å². The van der Waals surface area contributed by atoms with Crippen LogP contribution in [0.3, 0.4) is 0 Å². The number of rotatable bonds is 2. The van der Waals surface area contributed by atoms with Crippen LogP contribution < -0.4 is 0 Å². The predicted molar refractivity (Wildman–Crippen MR) is 53.0 cm³/mol. The molecule has 78 valence electrons. The van der Waals surface area contributed by atoms with Gasteiger partial charge in [-0.1, -0.05) is 11.6 Å². The molecule has 0 saturated heterocycles. The minimum absolute atomic E-state index is 0.0420. The number of imidazole rings is 1. The fourth-order valence-corrected chi connectivity index (χ4v) is 1.57. The topological polar surface area (TPSA) is 80.9 Å². The lowest BCUT2D eigenvalue weighted by Crippen LogP contribution is -2.08. The Kier molecular flexibility index (Phi) is 2.45. The molecule has 2 heterocycles. The molecule has 0 aliphatic rings. The Labute approximate surface area is 93.5 Å². The van der Waals surface area contributed by atoms with Gasteiger partial charge in [0.1, 0.15) is 12.1 Å². The van der Waals surface area contributed by atoms with Crippen molar-refractivity contribution >= 4 is 40.3 Å². The summed E-state index contributed by atoms with van der Waals surface area (Å²) in [7, 11) is 0. The number of carboxylic acids is 1. The van der Waals surface area contributed by atoms with E-state index in [1.54, 1.807) is 0 Å². The van der Waals surface area contributed by atoms with E-state index in [2.05, 4.69) is 15.0 Å². The third-order valence-electron chi connectivity index (χ3n) is 1.70. The van der Waals surface area contributed by atoms with Crippen molar-refractivity contribution in [3.05, 3.63) is 16.8 Å². The third kappa shape index (κ3) is 1.86. The number of halogens is 2. The van der Waals surface area contributed by atoms with Gasteiger partial charge in [0.25, 0.3) is 0 Å². The van der Waals surface area contributed by atoms with Gasteiger partial charge in [0.05, 0.1) is 6.33 Å². The summed E-state index contributed by atoms with van der Waals surface area (Å²) in [6.45, 7) is -0.250. The van der Waals surface area contributed by atoms with Gasteiger partial charge in [0.2, 0.25) is 5.28 Å². The summed E-state index contributed by atoms with van der Waals surface area (Å²) in [5, 5.41) is 8.69. The number of carbonyl (C=O) groups is 1. The maximum atomic E-state index is 10.5. The Hall–Kier alpha value is -1.40. The summed E-state index contributed by atoms with van der Waals surface area (Å²) in [4.78, 5) is 22.0. The Balaban J connectivity index is 2.63. The number of hydrogen-bond acceptors (Lipinski definition) is 4. The Morgan fingerprint density at radius 2 is 2.20 bits per heavy atom. The lowest BCUT2D eigenvalue weighted by molar-refractivity contribution is -0.137. The normalized spacial score (nSPS) is 10.8. The molecule has 0 fully saturated rings. The summed E-state index contributed by atoms with van der Waals surface area (Å²) in [5.74, 6) is -1.000. The zero-order valence-corrected chi connectivity index (χ0v) is 8.70. The Bertz CT molecular complexity index is 539. The molecule has 0 unspecified atom stereocenters. The van der Waals surface area contributed by atoms with Crippen LogP contribution in [0, 0.1) is 0 Å². The van der Waals surface area contributed by atoms with E-state index in [1.807, 2.05) is 0 Å². The molecule has 15 heavy (non-hydrogen) atoms.